The fourth-order valence-electron chi connectivity index (χ4n) is 1.17. The van der Waals surface area contributed by atoms with Crippen LogP contribution in [-0.2, 0) is 11.3 Å². The third-order valence-electron chi connectivity index (χ3n) is 1.88. The van der Waals surface area contributed by atoms with Crippen molar-refractivity contribution in [2.75, 3.05) is 13.1 Å². The van der Waals surface area contributed by atoms with Gasteiger partial charge in [0.1, 0.15) is 0 Å². The second-order valence-corrected chi connectivity index (χ2v) is 3.31. The monoisotopic (exact) mass is 209 g/mol. The molecule has 0 radical (unpaired) electrons. The number of aliphatic carboxylic acids is 1. The maximum atomic E-state index is 10.3. The number of hydrogen-bond acceptors (Lipinski definition) is 3. The minimum absolute atomic E-state index is 0.598. The van der Waals surface area contributed by atoms with Crippen molar-refractivity contribution in [3.63, 3.8) is 0 Å². The Morgan fingerprint density at radius 2 is 2.47 bits per heavy atom. The minimum Gasteiger partial charge on any atom is -0.478 e. The van der Waals surface area contributed by atoms with Crippen LogP contribution < -0.4 is 5.32 Å². The summed E-state index contributed by atoms with van der Waals surface area (Å²) in [5.74, 6) is -0.899. The predicted molar refractivity (Wildman–Crippen MR) is 56.5 cm³/mol. The molecule has 82 valence electrons. The van der Waals surface area contributed by atoms with Crippen LogP contribution in [0.15, 0.2) is 30.4 Å². The number of carbonyl (C=O) groups is 1. The van der Waals surface area contributed by atoms with Gasteiger partial charge in [0.25, 0.3) is 0 Å². The number of hydrogen-bond donors (Lipinski definition) is 2. The normalized spacial score (nSPS) is 11.7. The molecule has 1 aromatic rings. The molecular formula is C10H15N3O2. The summed E-state index contributed by atoms with van der Waals surface area (Å²) in [6, 6.07) is 0. The molecule has 0 fully saturated rings. The predicted octanol–water partition coefficient (Wildman–Crippen LogP) is 0.504. The highest BCUT2D eigenvalue weighted by molar-refractivity contribution is 5.80. The van der Waals surface area contributed by atoms with E-state index in [9.17, 15) is 4.79 Å². The summed E-state index contributed by atoms with van der Waals surface area (Å²) in [7, 11) is 0. The zero-order valence-corrected chi connectivity index (χ0v) is 8.68. The van der Waals surface area contributed by atoms with Crippen molar-refractivity contribution in [3.05, 3.63) is 30.4 Å². The average Bonchev–Trinajstić information content (AvgIpc) is 2.63. The maximum absolute atomic E-state index is 10.3. The molecule has 5 heteroatoms. The smallest absolute Gasteiger partial charge is 0.328 e. The van der Waals surface area contributed by atoms with Crippen LogP contribution in [0.2, 0.25) is 0 Å². The molecule has 15 heavy (non-hydrogen) atoms. The van der Waals surface area contributed by atoms with E-state index >= 15 is 0 Å². The fourth-order valence-corrected chi connectivity index (χ4v) is 1.17. The van der Waals surface area contributed by atoms with Gasteiger partial charge in [-0.15, -0.1) is 0 Å². The van der Waals surface area contributed by atoms with Crippen molar-refractivity contribution in [3.8, 4) is 0 Å². The highest BCUT2D eigenvalue weighted by Crippen LogP contribution is 1.89. The van der Waals surface area contributed by atoms with Gasteiger partial charge in [0.05, 0.1) is 6.33 Å². The molecule has 0 spiro atoms. The Bertz CT molecular complexity index is 330. The number of imidazole rings is 1. The molecule has 2 N–H and O–H groups in total. The average molecular weight is 209 g/mol. The first-order chi connectivity index (χ1) is 7.18. The Labute approximate surface area is 88.4 Å². The molecule has 0 aromatic carbocycles. The molecule has 0 aliphatic heterocycles. The van der Waals surface area contributed by atoms with Crippen LogP contribution in [0.1, 0.15) is 6.92 Å². The van der Waals surface area contributed by atoms with E-state index in [1.807, 2.05) is 10.8 Å². The van der Waals surface area contributed by atoms with E-state index in [1.54, 1.807) is 19.4 Å². The van der Waals surface area contributed by atoms with Gasteiger partial charge < -0.3 is 15.0 Å². The van der Waals surface area contributed by atoms with Crippen LogP contribution in [0.25, 0.3) is 0 Å². The largest absolute Gasteiger partial charge is 0.478 e. The molecule has 1 rings (SSSR count). The summed E-state index contributed by atoms with van der Waals surface area (Å²) >= 11 is 0. The van der Waals surface area contributed by atoms with E-state index in [-0.39, 0.29) is 0 Å². The van der Waals surface area contributed by atoms with Crippen LogP contribution in [0.5, 0.6) is 0 Å². The van der Waals surface area contributed by atoms with E-state index in [1.165, 1.54) is 6.08 Å². The van der Waals surface area contributed by atoms with Gasteiger partial charge in [0.15, 0.2) is 0 Å². The fraction of sp³-hybridized carbons (Fsp3) is 0.400. The molecule has 0 aliphatic carbocycles. The van der Waals surface area contributed by atoms with Gasteiger partial charge >= 0.3 is 5.97 Å². The van der Waals surface area contributed by atoms with Crippen LogP contribution in [0.4, 0.5) is 0 Å². The number of aromatic nitrogens is 2. The topological polar surface area (TPSA) is 67.2 Å². The van der Waals surface area contributed by atoms with Gasteiger partial charge in [-0.25, -0.2) is 9.78 Å². The SMILES string of the molecule is C/C(=C/C(=O)O)CNCCn1ccnc1. The summed E-state index contributed by atoms with van der Waals surface area (Å²) in [5.41, 5.74) is 0.813. The summed E-state index contributed by atoms with van der Waals surface area (Å²) < 4.78 is 1.96. The van der Waals surface area contributed by atoms with Gasteiger partial charge in [0, 0.05) is 38.1 Å². The Kier molecular flexibility index (Phi) is 4.56. The molecule has 0 aliphatic rings. The van der Waals surface area contributed by atoms with Crippen molar-refractivity contribution < 1.29 is 9.90 Å². The second-order valence-electron chi connectivity index (χ2n) is 3.31. The first kappa shape index (κ1) is 11.5. The number of carboxylic acids is 1. The van der Waals surface area contributed by atoms with E-state index < -0.39 is 5.97 Å². The first-order valence-electron chi connectivity index (χ1n) is 4.75. The van der Waals surface area contributed by atoms with E-state index in [0.717, 1.165) is 18.7 Å². The lowest BCUT2D eigenvalue weighted by Crippen LogP contribution is -2.21. The zero-order valence-electron chi connectivity index (χ0n) is 8.68. The lowest BCUT2D eigenvalue weighted by atomic mass is 10.3. The minimum atomic E-state index is -0.899. The molecule has 0 unspecified atom stereocenters. The lowest BCUT2D eigenvalue weighted by molar-refractivity contribution is -0.131. The van der Waals surface area contributed by atoms with Gasteiger partial charge in [0.2, 0.25) is 0 Å². The molecule has 5 nitrogen and oxygen atoms in total. The first-order valence-corrected chi connectivity index (χ1v) is 4.75. The van der Waals surface area contributed by atoms with Gasteiger partial charge in [-0.3, -0.25) is 0 Å². The number of nitrogens with one attached hydrogen (secondary N) is 1. The van der Waals surface area contributed by atoms with E-state index in [4.69, 9.17) is 5.11 Å². The van der Waals surface area contributed by atoms with Gasteiger partial charge in [-0.1, -0.05) is 5.57 Å². The molecule has 1 heterocycles. The van der Waals surface area contributed by atoms with Crippen molar-refractivity contribution >= 4 is 5.97 Å². The molecule has 0 saturated carbocycles. The van der Waals surface area contributed by atoms with Crippen LogP contribution >= 0.6 is 0 Å². The summed E-state index contributed by atoms with van der Waals surface area (Å²) in [6.45, 7) is 4.01. The van der Waals surface area contributed by atoms with E-state index in [2.05, 4.69) is 10.3 Å². The van der Waals surface area contributed by atoms with Crippen molar-refractivity contribution in [2.45, 2.75) is 13.5 Å². The standard InChI is InChI=1S/C10H15N3O2/c1-9(6-10(14)15)7-11-2-4-13-5-3-12-8-13/h3,5-6,8,11H,2,4,7H2,1H3,(H,14,15)/b9-6-. The van der Waals surface area contributed by atoms with Crippen LogP contribution in [0.3, 0.4) is 0 Å². The van der Waals surface area contributed by atoms with Crippen molar-refractivity contribution in [1.82, 2.24) is 14.9 Å². The molecule has 0 atom stereocenters. The second kappa shape index (κ2) is 5.98. The maximum Gasteiger partial charge on any atom is 0.328 e. The molecule has 0 saturated heterocycles. The van der Waals surface area contributed by atoms with Crippen LogP contribution in [0, 0.1) is 0 Å². The third-order valence-corrected chi connectivity index (χ3v) is 1.88. The number of rotatable bonds is 6. The zero-order chi connectivity index (χ0) is 11.1. The molecule has 0 bridgehead atoms. The Hall–Kier alpha value is -1.62. The van der Waals surface area contributed by atoms with Crippen molar-refractivity contribution in [2.24, 2.45) is 0 Å². The highest BCUT2D eigenvalue weighted by Gasteiger charge is 1.94. The van der Waals surface area contributed by atoms with E-state index in [0.29, 0.717) is 6.54 Å². The molecule has 0 amide bonds. The van der Waals surface area contributed by atoms with Crippen molar-refractivity contribution in [1.29, 1.82) is 0 Å². The van der Waals surface area contributed by atoms with Gasteiger partial charge in [-0.2, -0.15) is 0 Å². The Morgan fingerprint density at radius 3 is 3.07 bits per heavy atom. The molecular weight excluding hydrogens is 194 g/mol. The Balaban J connectivity index is 2.14. The van der Waals surface area contributed by atoms with Crippen LogP contribution in [-0.4, -0.2) is 33.7 Å². The Morgan fingerprint density at radius 1 is 1.67 bits per heavy atom. The number of carboxylic acid groups (broad SMARTS) is 1. The summed E-state index contributed by atoms with van der Waals surface area (Å²) in [6.07, 6.45) is 6.59. The summed E-state index contributed by atoms with van der Waals surface area (Å²) in [4.78, 5) is 14.2. The quantitative estimate of drug-likeness (QED) is 0.529. The molecule has 1 aromatic heterocycles. The highest BCUT2D eigenvalue weighted by atomic mass is 16.4. The van der Waals surface area contributed by atoms with Gasteiger partial charge in [-0.05, 0) is 6.92 Å². The lowest BCUT2D eigenvalue weighted by Gasteiger charge is -2.04. The number of nitrogens with zero attached hydrogens (tertiary/aromatic N) is 2. The third kappa shape index (κ3) is 4.97. The summed E-state index contributed by atoms with van der Waals surface area (Å²) in [5, 5.41) is 11.6.